The first-order valence-electron chi connectivity index (χ1n) is 8.46. The van der Waals surface area contributed by atoms with Gasteiger partial charge in [-0.3, -0.25) is 13.9 Å². The molecule has 27 heavy (non-hydrogen) atoms. The molecule has 0 amide bonds. The number of pyridine rings is 1. The van der Waals surface area contributed by atoms with Gasteiger partial charge >= 0.3 is 5.69 Å². The van der Waals surface area contributed by atoms with E-state index in [1.54, 1.807) is 19.9 Å². The molecular weight excluding hydrogens is 419 g/mol. The first kappa shape index (κ1) is 18.2. The zero-order valence-corrected chi connectivity index (χ0v) is 16.3. The monoisotopic (exact) mass is 433 g/mol. The Labute approximate surface area is 162 Å². The first-order chi connectivity index (χ1) is 12.6. The van der Waals surface area contributed by atoms with Crippen LogP contribution in [0.5, 0.6) is 0 Å². The molecule has 1 aromatic carbocycles. The molecule has 1 aliphatic rings. The second kappa shape index (κ2) is 5.92. The van der Waals surface area contributed by atoms with Crippen molar-refractivity contribution in [2.45, 2.75) is 38.7 Å². The molecule has 0 saturated heterocycles. The van der Waals surface area contributed by atoms with Gasteiger partial charge in [-0.05, 0) is 31.0 Å². The van der Waals surface area contributed by atoms with Crippen molar-refractivity contribution < 1.29 is 8.78 Å². The molecular formula is C18H15BBrF2N3O2. The lowest BCUT2D eigenvalue weighted by molar-refractivity contribution is 0.512. The summed E-state index contributed by atoms with van der Waals surface area (Å²) in [6.07, 6.45) is 1.17. The van der Waals surface area contributed by atoms with Gasteiger partial charge in [-0.25, -0.2) is 9.18 Å². The molecule has 0 unspecified atom stereocenters. The first-order valence-corrected chi connectivity index (χ1v) is 9.25. The van der Waals surface area contributed by atoms with Crippen molar-refractivity contribution in [1.29, 1.82) is 0 Å². The molecule has 0 saturated carbocycles. The Morgan fingerprint density at radius 1 is 1.19 bits per heavy atom. The fourth-order valence-electron chi connectivity index (χ4n) is 3.76. The largest absolute Gasteiger partial charge is 0.333 e. The van der Waals surface area contributed by atoms with Crippen molar-refractivity contribution in [3.63, 3.8) is 0 Å². The molecule has 0 bridgehead atoms. The normalized spacial score (nSPS) is 14.1. The second-order valence-corrected chi connectivity index (χ2v) is 8.14. The van der Waals surface area contributed by atoms with E-state index in [0.29, 0.717) is 29.6 Å². The molecule has 0 fully saturated rings. The van der Waals surface area contributed by atoms with E-state index in [4.69, 9.17) is 7.85 Å². The summed E-state index contributed by atoms with van der Waals surface area (Å²) in [5, 5.41) is 0. The zero-order valence-electron chi connectivity index (χ0n) is 14.7. The van der Waals surface area contributed by atoms with Crippen molar-refractivity contribution in [2.75, 3.05) is 0 Å². The number of aromatic nitrogens is 3. The molecule has 0 spiro atoms. The summed E-state index contributed by atoms with van der Waals surface area (Å²) < 4.78 is 33.7. The van der Waals surface area contributed by atoms with Gasteiger partial charge in [0.1, 0.15) is 19.2 Å². The van der Waals surface area contributed by atoms with E-state index in [1.807, 2.05) is 0 Å². The number of halogens is 3. The maximum Gasteiger partial charge on any atom is 0.333 e. The van der Waals surface area contributed by atoms with Gasteiger partial charge < -0.3 is 4.57 Å². The highest BCUT2D eigenvalue weighted by Gasteiger charge is 2.32. The van der Waals surface area contributed by atoms with E-state index in [-0.39, 0.29) is 16.7 Å². The van der Waals surface area contributed by atoms with Gasteiger partial charge in [0.2, 0.25) is 5.82 Å². The Kier molecular flexibility index (Phi) is 4.00. The Morgan fingerprint density at radius 2 is 1.89 bits per heavy atom. The van der Waals surface area contributed by atoms with Crippen LogP contribution < -0.4 is 11.2 Å². The van der Waals surface area contributed by atoms with Crippen molar-refractivity contribution in [1.82, 2.24) is 13.7 Å². The lowest BCUT2D eigenvalue weighted by Crippen LogP contribution is -2.37. The molecule has 2 aromatic heterocycles. The average Bonchev–Trinajstić information content (AvgIpc) is 3.15. The highest BCUT2D eigenvalue weighted by Crippen LogP contribution is 2.30. The van der Waals surface area contributed by atoms with Gasteiger partial charge in [0.25, 0.3) is 5.56 Å². The highest BCUT2D eigenvalue weighted by atomic mass is 79.9. The molecule has 2 radical (unpaired) electrons. The molecule has 0 aliphatic carbocycles. The van der Waals surface area contributed by atoms with E-state index in [1.165, 1.54) is 21.3 Å². The number of fused-ring (bicyclic) bond motifs is 3. The summed E-state index contributed by atoms with van der Waals surface area (Å²) in [5.74, 6) is -1.81. The molecule has 3 heterocycles. The predicted octanol–water partition coefficient (Wildman–Crippen LogP) is 2.80. The third-order valence-electron chi connectivity index (χ3n) is 4.82. The molecule has 9 heteroatoms. The molecule has 5 nitrogen and oxygen atoms in total. The lowest BCUT2D eigenvalue weighted by atomic mass is 9.81. The SMILES string of the molecule is [B]C(C)(C)n1c(=O)n(-c2ccc(Br)cc2F)c2c(F)c(=O)n3c(c21)CCC3. The summed E-state index contributed by atoms with van der Waals surface area (Å²) in [5.41, 5.74) is -2.28. The third kappa shape index (κ3) is 2.55. The van der Waals surface area contributed by atoms with E-state index < -0.39 is 28.3 Å². The van der Waals surface area contributed by atoms with Gasteiger partial charge in [0.15, 0.2) is 0 Å². The van der Waals surface area contributed by atoms with Crippen LogP contribution >= 0.6 is 15.9 Å². The standard InChI is InChI=1S/C18H15BBrF2N3O2/c1-18(2,19)25-14-12-4-3-7-23(12)16(26)13(22)15(14)24(17(25)27)11-6-5-9(20)8-10(11)21/h5-6,8H,3-4,7H2,1-2H3. The molecule has 4 rings (SSSR count). The Hall–Kier alpha value is -2.16. The quantitative estimate of drug-likeness (QED) is 0.583. The van der Waals surface area contributed by atoms with Gasteiger partial charge in [0, 0.05) is 22.1 Å². The molecule has 3 aromatic rings. The number of benzene rings is 1. The Morgan fingerprint density at radius 3 is 2.52 bits per heavy atom. The minimum Gasteiger partial charge on any atom is -0.308 e. The van der Waals surface area contributed by atoms with Crippen LogP contribution in [0.15, 0.2) is 32.3 Å². The fraction of sp³-hybridized carbons (Fsp3) is 0.333. The van der Waals surface area contributed by atoms with Crippen LogP contribution in [0.4, 0.5) is 8.78 Å². The summed E-state index contributed by atoms with van der Waals surface area (Å²) in [7, 11) is 6.20. The minimum absolute atomic E-state index is 0.141. The molecule has 1 aliphatic heterocycles. The fourth-order valence-corrected chi connectivity index (χ4v) is 4.09. The molecule has 0 N–H and O–H groups in total. The zero-order chi connectivity index (χ0) is 19.7. The summed E-state index contributed by atoms with van der Waals surface area (Å²) >= 11 is 3.16. The van der Waals surface area contributed by atoms with Crippen molar-refractivity contribution in [2.24, 2.45) is 0 Å². The van der Waals surface area contributed by atoms with Gasteiger partial charge in [-0.1, -0.05) is 29.8 Å². The number of nitrogens with zero attached hydrogens (tertiary/aromatic N) is 3. The van der Waals surface area contributed by atoms with Crippen LogP contribution in [0.3, 0.4) is 0 Å². The van der Waals surface area contributed by atoms with Crippen molar-refractivity contribution >= 4 is 34.8 Å². The number of rotatable bonds is 2. The van der Waals surface area contributed by atoms with Crippen molar-refractivity contribution in [3.05, 3.63) is 60.8 Å². The third-order valence-corrected chi connectivity index (χ3v) is 5.31. The smallest absolute Gasteiger partial charge is 0.308 e. The van der Waals surface area contributed by atoms with E-state index in [9.17, 15) is 14.0 Å². The maximum atomic E-state index is 15.1. The van der Waals surface area contributed by atoms with Crippen LogP contribution in [0, 0.1) is 11.6 Å². The Bertz CT molecular complexity index is 1220. The van der Waals surface area contributed by atoms with E-state index >= 15 is 4.39 Å². The number of hydrogen-bond donors (Lipinski definition) is 0. The predicted molar refractivity (Wildman–Crippen MR) is 103 cm³/mol. The summed E-state index contributed by atoms with van der Waals surface area (Å²) in [4.78, 5) is 25.7. The van der Waals surface area contributed by atoms with Crippen molar-refractivity contribution in [3.8, 4) is 5.69 Å². The molecule has 0 atom stereocenters. The number of aryl methyl sites for hydroxylation is 1. The topological polar surface area (TPSA) is 48.9 Å². The summed E-state index contributed by atoms with van der Waals surface area (Å²) in [6.45, 7) is 3.58. The van der Waals surface area contributed by atoms with Crippen LogP contribution in [0.2, 0.25) is 0 Å². The van der Waals surface area contributed by atoms with E-state index in [2.05, 4.69) is 15.9 Å². The van der Waals surface area contributed by atoms with Gasteiger partial charge in [0.05, 0.1) is 11.2 Å². The van der Waals surface area contributed by atoms with Crippen LogP contribution in [0.1, 0.15) is 26.0 Å². The van der Waals surface area contributed by atoms with Crippen LogP contribution in [0.25, 0.3) is 16.7 Å². The van der Waals surface area contributed by atoms with Crippen LogP contribution in [-0.2, 0) is 18.4 Å². The lowest BCUT2D eigenvalue weighted by Gasteiger charge is -2.22. The maximum absolute atomic E-state index is 15.1. The molecule has 138 valence electrons. The van der Waals surface area contributed by atoms with Crippen LogP contribution in [-0.4, -0.2) is 21.5 Å². The average molecular weight is 434 g/mol. The van der Waals surface area contributed by atoms with Gasteiger partial charge in [-0.2, -0.15) is 4.39 Å². The number of imidazole rings is 1. The Balaban J connectivity index is 2.28. The summed E-state index contributed by atoms with van der Waals surface area (Å²) in [6, 6.07) is 4.08. The number of hydrogen-bond acceptors (Lipinski definition) is 2. The second-order valence-electron chi connectivity index (χ2n) is 7.22. The minimum atomic E-state index is -1.18. The van der Waals surface area contributed by atoms with Gasteiger partial charge in [-0.15, -0.1) is 0 Å². The van der Waals surface area contributed by atoms with E-state index in [0.717, 1.165) is 4.57 Å². The highest BCUT2D eigenvalue weighted by molar-refractivity contribution is 9.10.